The predicted molar refractivity (Wildman–Crippen MR) is 99.8 cm³/mol. The highest BCUT2D eigenvalue weighted by molar-refractivity contribution is 7.88. The number of rotatable bonds is 8. The van der Waals surface area contributed by atoms with Crippen molar-refractivity contribution in [1.29, 1.82) is 0 Å². The normalized spacial score (nSPS) is 11.5. The molecule has 0 radical (unpaired) electrons. The van der Waals surface area contributed by atoms with E-state index in [1.165, 1.54) is 28.6 Å². The number of nitrogens with one attached hydrogen (secondary N) is 1. The minimum atomic E-state index is -3.46. The van der Waals surface area contributed by atoms with E-state index in [9.17, 15) is 17.6 Å². The van der Waals surface area contributed by atoms with E-state index in [1.807, 2.05) is 0 Å². The zero-order chi connectivity index (χ0) is 19.2. The smallest absolute Gasteiger partial charge is 0.224 e. The molecule has 0 saturated carbocycles. The molecule has 0 saturated heterocycles. The first-order valence-corrected chi connectivity index (χ1v) is 10.2. The minimum absolute atomic E-state index is 0.101. The van der Waals surface area contributed by atoms with Gasteiger partial charge in [-0.25, -0.2) is 12.8 Å². The van der Waals surface area contributed by atoms with Gasteiger partial charge in [0.1, 0.15) is 5.82 Å². The van der Waals surface area contributed by atoms with Gasteiger partial charge in [-0.1, -0.05) is 41.9 Å². The second-order valence-corrected chi connectivity index (χ2v) is 8.23. The van der Waals surface area contributed by atoms with Gasteiger partial charge in [0.15, 0.2) is 0 Å². The second-order valence-electron chi connectivity index (χ2n) is 5.84. The summed E-state index contributed by atoms with van der Waals surface area (Å²) in [6, 6.07) is 12.7. The Morgan fingerprint density at radius 3 is 2.42 bits per heavy atom. The van der Waals surface area contributed by atoms with Crippen LogP contribution in [-0.4, -0.2) is 38.0 Å². The van der Waals surface area contributed by atoms with Gasteiger partial charge < -0.3 is 5.32 Å². The van der Waals surface area contributed by atoms with Crippen LogP contribution in [-0.2, 0) is 27.8 Å². The van der Waals surface area contributed by atoms with E-state index in [4.69, 9.17) is 11.6 Å². The maximum atomic E-state index is 12.9. The fourth-order valence-corrected chi connectivity index (χ4v) is 3.34. The number of carbonyl (C=O) groups is 1. The Balaban J connectivity index is 1.90. The Bertz CT molecular complexity index is 857. The SMILES string of the molecule is CS(=O)(=O)N(CCNC(=O)Cc1ccc(F)cc1)Cc1ccccc1Cl. The highest BCUT2D eigenvalue weighted by Gasteiger charge is 2.18. The van der Waals surface area contributed by atoms with Crippen LogP contribution in [0, 0.1) is 5.82 Å². The summed E-state index contributed by atoms with van der Waals surface area (Å²) >= 11 is 6.09. The number of hydrogen-bond donors (Lipinski definition) is 1. The van der Waals surface area contributed by atoms with Gasteiger partial charge in [0, 0.05) is 24.7 Å². The van der Waals surface area contributed by atoms with E-state index in [1.54, 1.807) is 24.3 Å². The molecule has 26 heavy (non-hydrogen) atoms. The standard InChI is InChI=1S/C18H20ClFN2O3S/c1-26(24,25)22(13-15-4-2-3-5-17(15)19)11-10-21-18(23)12-14-6-8-16(20)9-7-14/h2-9H,10-13H2,1H3,(H,21,23). The number of nitrogens with zero attached hydrogens (tertiary/aromatic N) is 1. The minimum Gasteiger partial charge on any atom is -0.354 e. The molecule has 2 aromatic carbocycles. The van der Waals surface area contributed by atoms with Crippen molar-refractivity contribution in [2.75, 3.05) is 19.3 Å². The summed E-state index contributed by atoms with van der Waals surface area (Å²) in [5.41, 5.74) is 1.37. The van der Waals surface area contributed by atoms with Crippen molar-refractivity contribution >= 4 is 27.5 Å². The van der Waals surface area contributed by atoms with E-state index in [2.05, 4.69) is 5.32 Å². The average Bonchev–Trinajstić information content (AvgIpc) is 2.57. The monoisotopic (exact) mass is 398 g/mol. The molecule has 2 rings (SSSR count). The van der Waals surface area contributed by atoms with Crippen molar-refractivity contribution in [3.63, 3.8) is 0 Å². The maximum Gasteiger partial charge on any atom is 0.224 e. The van der Waals surface area contributed by atoms with Gasteiger partial charge in [-0.3, -0.25) is 4.79 Å². The predicted octanol–water partition coefficient (Wildman–Crippen LogP) is 2.60. The zero-order valence-corrected chi connectivity index (χ0v) is 15.9. The van der Waals surface area contributed by atoms with Gasteiger partial charge in [0.05, 0.1) is 12.7 Å². The quantitative estimate of drug-likeness (QED) is 0.743. The van der Waals surface area contributed by atoms with E-state index in [-0.39, 0.29) is 37.8 Å². The van der Waals surface area contributed by atoms with Crippen LogP contribution in [0.2, 0.25) is 5.02 Å². The lowest BCUT2D eigenvalue weighted by Crippen LogP contribution is -2.38. The fraction of sp³-hybridized carbons (Fsp3) is 0.278. The molecule has 0 aliphatic heterocycles. The first kappa shape index (κ1) is 20.4. The van der Waals surface area contributed by atoms with Gasteiger partial charge >= 0.3 is 0 Å². The molecule has 0 aromatic heterocycles. The number of hydrogen-bond acceptors (Lipinski definition) is 3. The average molecular weight is 399 g/mol. The Kier molecular flexibility index (Phi) is 7.14. The third kappa shape index (κ3) is 6.40. The van der Waals surface area contributed by atoms with Crippen LogP contribution < -0.4 is 5.32 Å². The van der Waals surface area contributed by atoms with Crippen LogP contribution in [0.15, 0.2) is 48.5 Å². The first-order valence-electron chi connectivity index (χ1n) is 7.95. The molecule has 0 aliphatic rings. The van der Waals surface area contributed by atoms with Gasteiger partial charge in [0.25, 0.3) is 0 Å². The van der Waals surface area contributed by atoms with Crippen molar-refractivity contribution in [2.24, 2.45) is 0 Å². The number of amides is 1. The highest BCUT2D eigenvalue weighted by atomic mass is 35.5. The summed E-state index contributed by atoms with van der Waals surface area (Å²) in [5.74, 6) is -0.625. The second kappa shape index (κ2) is 9.12. The lowest BCUT2D eigenvalue weighted by atomic mass is 10.1. The summed E-state index contributed by atoms with van der Waals surface area (Å²) in [6.45, 7) is 0.420. The van der Waals surface area contributed by atoms with Crippen molar-refractivity contribution in [1.82, 2.24) is 9.62 Å². The zero-order valence-electron chi connectivity index (χ0n) is 14.3. The van der Waals surface area contributed by atoms with Crippen LogP contribution in [0.25, 0.3) is 0 Å². The largest absolute Gasteiger partial charge is 0.354 e. The fourth-order valence-electron chi connectivity index (χ4n) is 2.35. The molecule has 2 aromatic rings. The van der Waals surface area contributed by atoms with Crippen molar-refractivity contribution in [3.8, 4) is 0 Å². The van der Waals surface area contributed by atoms with Gasteiger partial charge in [-0.2, -0.15) is 4.31 Å². The van der Waals surface area contributed by atoms with Gasteiger partial charge in [0.2, 0.25) is 15.9 Å². The molecule has 0 fully saturated rings. The van der Waals surface area contributed by atoms with E-state index in [0.717, 1.165) is 6.26 Å². The summed E-state index contributed by atoms with van der Waals surface area (Å²) < 4.78 is 38.1. The topological polar surface area (TPSA) is 66.5 Å². The number of halogens is 2. The van der Waals surface area contributed by atoms with Gasteiger partial charge in [-0.15, -0.1) is 0 Å². The van der Waals surface area contributed by atoms with Gasteiger partial charge in [-0.05, 0) is 29.3 Å². The molecule has 1 N–H and O–H groups in total. The molecular weight excluding hydrogens is 379 g/mol. The Labute approximate surface area is 157 Å². The van der Waals surface area contributed by atoms with E-state index >= 15 is 0 Å². The third-order valence-electron chi connectivity index (χ3n) is 3.73. The molecule has 0 spiro atoms. The summed E-state index contributed by atoms with van der Waals surface area (Å²) in [7, 11) is -3.46. The molecule has 0 bridgehead atoms. The van der Waals surface area contributed by atoms with Crippen LogP contribution in [0.5, 0.6) is 0 Å². The summed E-state index contributed by atoms with van der Waals surface area (Å²) in [5, 5.41) is 3.16. The van der Waals surface area contributed by atoms with E-state index < -0.39 is 10.0 Å². The third-order valence-corrected chi connectivity index (χ3v) is 5.35. The van der Waals surface area contributed by atoms with Crippen molar-refractivity contribution in [3.05, 3.63) is 70.5 Å². The van der Waals surface area contributed by atoms with Crippen molar-refractivity contribution in [2.45, 2.75) is 13.0 Å². The molecule has 5 nitrogen and oxygen atoms in total. The molecule has 140 valence electrons. The summed E-state index contributed by atoms with van der Waals surface area (Å²) in [4.78, 5) is 11.9. The lowest BCUT2D eigenvalue weighted by Gasteiger charge is -2.20. The van der Waals surface area contributed by atoms with Crippen molar-refractivity contribution < 1.29 is 17.6 Å². The van der Waals surface area contributed by atoms with Crippen LogP contribution in [0.4, 0.5) is 4.39 Å². The first-order chi connectivity index (χ1) is 12.3. The summed E-state index contributed by atoms with van der Waals surface area (Å²) in [6.07, 6.45) is 1.22. The molecule has 0 unspecified atom stereocenters. The number of sulfonamides is 1. The number of benzene rings is 2. The molecule has 0 atom stereocenters. The Morgan fingerprint density at radius 2 is 1.81 bits per heavy atom. The van der Waals surface area contributed by atoms with Crippen LogP contribution in [0.3, 0.4) is 0 Å². The highest BCUT2D eigenvalue weighted by Crippen LogP contribution is 2.18. The molecular formula is C18H20ClFN2O3S. The maximum absolute atomic E-state index is 12.9. The van der Waals surface area contributed by atoms with Crippen LogP contribution in [0.1, 0.15) is 11.1 Å². The molecule has 1 amide bonds. The van der Waals surface area contributed by atoms with E-state index in [0.29, 0.717) is 16.1 Å². The molecule has 0 aliphatic carbocycles. The Morgan fingerprint density at radius 1 is 1.15 bits per heavy atom. The Hall–Kier alpha value is -1.96. The number of carbonyl (C=O) groups excluding carboxylic acids is 1. The molecule has 8 heteroatoms. The molecule has 0 heterocycles. The van der Waals surface area contributed by atoms with Crippen LogP contribution >= 0.6 is 11.6 Å². The lowest BCUT2D eigenvalue weighted by molar-refractivity contribution is -0.120.